The number of amides is 1. The molecule has 0 fully saturated rings. The number of hydroxylamine groups is 2. The minimum atomic E-state index is -1.02. The van der Waals surface area contributed by atoms with Crippen LogP contribution in [0.1, 0.15) is 18.4 Å². The van der Waals surface area contributed by atoms with Crippen molar-refractivity contribution in [1.82, 2.24) is 5.06 Å². The van der Waals surface area contributed by atoms with E-state index in [9.17, 15) is 9.59 Å². The van der Waals surface area contributed by atoms with Crippen LogP contribution in [0, 0.1) is 0 Å². The average Bonchev–Trinajstić information content (AvgIpc) is 2.65. The fourth-order valence-electron chi connectivity index (χ4n) is 1.94. The van der Waals surface area contributed by atoms with Crippen molar-refractivity contribution >= 4 is 11.9 Å². The van der Waals surface area contributed by atoms with Gasteiger partial charge in [0.2, 0.25) is 5.91 Å². The fourth-order valence-corrected chi connectivity index (χ4v) is 1.94. The Morgan fingerprint density at radius 2 is 1.62 bits per heavy atom. The number of hydrogen-bond donors (Lipinski definition) is 1. The van der Waals surface area contributed by atoms with E-state index in [1.165, 1.54) is 5.06 Å². The van der Waals surface area contributed by atoms with Gasteiger partial charge in [-0.3, -0.25) is 14.4 Å². The van der Waals surface area contributed by atoms with Crippen molar-refractivity contribution in [2.45, 2.75) is 19.4 Å². The van der Waals surface area contributed by atoms with Gasteiger partial charge in [0.15, 0.2) is 0 Å². The normalized spacial score (nSPS) is 10.7. The molecule has 8 nitrogen and oxygen atoms in total. The van der Waals surface area contributed by atoms with Gasteiger partial charge in [-0.05, 0) is 5.56 Å². The van der Waals surface area contributed by atoms with Gasteiger partial charge in [0.05, 0.1) is 46.0 Å². The van der Waals surface area contributed by atoms with Crippen LogP contribution in [0.3, 0.4) is 0 Å². The highest BCUT2D eigenvalue weighted by Crippen LogP contribution is 2.06. The number of methoxy groups -OCH3 is 1. The van der Waals surface area contributed by atoms with E-state index in [1.807, 2.05) is 30.3 Å². The van der Waals surface area contributed by atoms with E-state index in [0.29, 0.717) is 26.4 Å². The van der Waals surface area contributed by atoms with Crippen LogP contribution in [0.25, 0.3) is 0 Å². The van der Waals surface area contributed by atoms with E-state index in [1.54, 1.807) is 7.11 Å². The number of benzene rings is 1. The monoisotopic (exact) mass is 369 g/mol. The number of hydrogen-bond acceptors (Lipinski definition) is 6. The molecule has 0 atom stereocenters. The Labute approximate surface area is 153 Å². The first kappa shape index (κ1) is 22.0. The summed E-state index contributed by atoms with van der Waals surface area (Å²) in [6.07, 6.45) is -0.359. The highest BCUT2D eigenvalue weighted by molar-refractivity contribution is 5.79. The van der Waals surface area contributed by atoms with Gasteiger partial charge in [-0.1, -0.05) is 30.3 Å². The average molecular weight is 369 g/mol. The van der Waals surface area contributed by atoms with E-state index in [2.05, 4.69) is 0 Å². The van der Waals surface area contributed by atoms with E-state index in [-0.39, 0.29) is 38.5 Å². The lowest BCUT2D eigenvalue weighted by molar-refractivity contribution is -0.195. The molecule has 0 aromatic heterocycles. The van der Waals surface area contributed by atoms with Crippen molar-refractivity contribution in [3.8, 4) is 0 Å². The minimum absolute atomic E-state index is 0.121. The fraction of sp³-hybridized carbons (Fsp3) is 0.556. The molecule has 0 aliphatic carbocycles. The van der Waals surface area contributed by atoms with Crippen LogP contribution < -0.4 is 0 Å². The Kier molecular flexibility index (Phi) is 12.0. The molecule has 0 spiro atoms. The SMILES string of the molecule is COCCOCCOCCN(OCc1ccccc1)C(=O)CCC(=O)O. The van der Waals surface area contributed by atoms with Gasteiger partial charge in [0.1, 0.15) is 6.61 Å². The van der Waals surface area contributed by atoms with E-state index >= 15 is 0 Å². The second-order valence-corrected chi connectivity index (χ2v) is 5.37. The van der Waals surface area contributed by atoms with Gasteiger partial charge in [0.25, 0.3) is 0 Å². The third-order valence-electron chi connectivity index (χ3n) is 3.30. The van der Waals surface area contributed by atoms with Crippen molar-refractivity contribution in [2.24, 2.45) is 0 Å². The highest BCUT2D eigenvalue weighted by atomic mass is 16.7. The molecule has 146 valence electrons. The van der Waals surface area contributed by atoms with Crippen LogP contribution in [0.4, 0.5) is 0 Å². The van der Waals surface area contributed by atoms with Crippen LogP contribution in [-0.2, 0) is 35.2 Å². The lowest BCUT2D eigenvalue weighted by Gasteiger charge is -2.22. The Hall–Kier alpha value is -2.00. The summed E-state index contributed by atoms with van der Waals surface area (Å²) in [5.41, 5.74) is 0.913. The van der Waals surface area contributed by atoms with Crippen LogP contribution in [-0.4, -0.2) is 68.7 Å². The summed E-state index contributed by atoms with van der Waals surface area (Å²) in [6.45, 7) is 2.55. The quantitative estimate of drug-likeness (QED) is 0.370. The number of carbonyl (C=O) groups is 2. The first-order valence-corrected chi connectivity index (χ1v) is 8.47. The van der Waals surface area contributed by atoms with Crippen LogP contribution in [0.5, 0.6) is 0 Å². The smallest absolute Gasteiger partial charge is 0.303 e. The van der Waals surface area contributed by atoms with Gasteiger partial charge in [-0.25, -0.2) is 5.06 Å². The third-order valence-corrected chi connectivity index (χ3v) is 3.30. The van der Waals surface area contributed by atoms with Gasteiger partial charge in [-0.2, -0.15) is 0 Å². The van der Waals surface area contributed by atoms with Crippen LogP contribution in [0.15, 0.2) is 30.3 Å². The van der Waals surface area contributed by atoms with Gasteiger partial charge in [0, 0.05) is 13.5 Å². The van der Waals surface area contributed by atoms with Crippen molar-refractivity contribution < 1.29 is 33.7 Å². The van der Waals surface area contributed by atoms with Crippen LogP contribution in [0.2, 0.25) is 0 Å². The lowest BCUT2D eigenvalue weighted by Crippen LogP contribution is -2.34. The molecule has 0 unspecified atom stereocenters. The molecule has 1 aromatic carbocycles. The summed E-state index contributed by atoms with van der Waals surface area (Å²) < 4.78 is 15.6. The van der Waals surface area contributed by atoms with E-state index in [0.717, 1.165) is 5.56 Å². The molecule has 0 aliphatic rings. The molecule has 0 saturated carbocycles. The third kappa shape index (κ3) is 10.8. The lowest BCUT2D eigenvalue weighted by atomic mass is 10.2. The standard InChI is InChI=1S/C18H27NO7/c1-23-11-12-25-14-13-24-10-9-19(17(20)7-8-18(21)22)26-15-16-5-3-2-4-6-16/h2-6H,7-15H2,1H3,(H,21,22). The Morgan fingerprint density at radius 3 is 2.27 bits per heavy atom. The summed E-state index contributed by atoms with van der Waals surface area (Å²) in [6, 6.07) is 9.41. The number of rotatable bonds is 15. The predicted molar refractivity (Wildman–Crippen MR) is 93.3 cm³/mol. The second-order valence-electron chi connectivity index (χ2n) is 5.37. The molecule has 1 N–H and O–H groups in total. The first-order valence-electron chi connectivity index (χ1n) is 8.47. The molecule has 8 heteroatoms. The van der Waals surface area contributed by atoms with Crippen molar-refractivity contribution in [3.63, 3.8) is 0 Å². The Bertz CT molecular complexity index is 510. The maximum Gasteiger partial charge on any atom is 0.303 e. The molecule has 0 saturated heterocycles. The Morgan fingerprint density at radius 1 is 0.962 bits per heavy atom. The number of nitrogens with zero attached hydrogens (tertiary/aromatic N) is 1. The topological polar surface area (TPSA) is 94.5 Å². The summed E-state index contributed by atoms with van der Waals surface area (Å²) in [5.74, 6) is -1.41. The van der Waals surface area contributed by atoms with Crippen molar-refractivity contribution in [2.75, 3.05) is 46.7 Å². The van der Waals surface area contributed by atoms with Crippen molar-refractivity contribution in [3.05, 3.63) is 35.9 Å². The van der Waals surface area contributed by atoms with Gasteiger partial charge < -0.3 is 19.3 Å². The van der Waals surface area contributed by atoms with E-state index < -0.39 is 5.97 Å². The van der Waals surface area contributed by atoms with E-state index in [4.69, 9.17) is 24.2 Å². The second kappa shape index (κ2) is 14.2. The molecule has 26 heavy (non-hydrogen) atoms. The summed E-state index contributed by atoms with van der Waals surface area (Å²) in [5, 5.41) is 9.90. The minimum Gasteiger partial charge on any atom is -0.481 e. The van der Waals surface area contributed by atoms with Crippen LogP contribution >= 0.6 is 0 Å². The predicted octanol–water partition coefficient (Wildman–Crippen LogP) is 1.49. The van der Waals surface area contributed by atoms with Gasteiger partial charge in [-0.15, -0.1) is 0 Å². The number of carboxylic acid groups (broad SMARTS) is 1. The first-order chi connectivity index (χ1) is 12.6. The highest BCUT2D eigenvalue weighted by Gasteiger charge is 2.16. The molecular weight excluding hydrogens is 342 g/mol. The Balaban J connectivity index is 2.34. The number of ether oxygens (including phenoxy) is 3. The molecule has 0 aliphatic heterocycles. The number of carbonyl (C=O) groups excluding carboxylic acids is 1. The summed E-state index contributed by atoms with van der Waals surface area (Å²) in [4.78, 5) is 28.3. The molecule has 0 bridgehead atoms. The summed E-state index contributed by atoms with van der Waals surface area (Å²) >= 11 is 0. The number of carboxylic acids is 1. The maximum absolute atomic E-state index is 12.2. The largest absolute Gasteiger partial charge is 0.481 e. The maximum atomic E-state index is 12.2. The number of aliphatic carboxylic acids is 1. The summed E-state index contributed by atoms with van der Waals surface area (Å²) in [7, 11) is 1.60. The molecule has 0 heterocycles. The van der Waals surface area contributed by atoms with Crippen molar-refractivity contribution in [1.29, 1.82) is 0 Å². The van der Waals surface area contributed by atoms with Gasteiger partial charge >= 0.3 is 5.97 Å². The molecular formula is C18H27NO7. The zero-order valence-corrected chi connectivity index (χ0v) is 15.1. The molecule has 1 aromatic rings. The molecule has 1 rings (SSSR count). The zero-order valence-electron chi connectivity index (χ0n) is 15.1. The molecule has 1 amide bonds. The molecule has 0 radical (unpaired) electrons. The zero-order chi connectivity index (χ0) is 19.0.